The van der Waals surface area contributed by atoms with E-state index in [-0.39, 0.29) is 17.1 Å². The monoisotopic (exact) mass is 528 g/mol. The molecule has 1 heterocycles. The zero-order valence-electron chi connectivity index (χ0n) is 22.8. The van der Waals surface area contributed by atoms with Crippen LogP contribution in [0.3, 0.4) is 0 Å². The third kappa shape index (κ3) is 6.49. The minimum absolute atomic E-state index is 0.0434. The van der Waals surface area contributed by atoms with Gasteiger partial charge in [-0.2, -0.15) is 0 Å². The van der Waals surface area contributed by atoms with Crippen LogP contribution < -0.4 is 4.74 Å². The summed E-state index contributed by atoms with van der Waals surface area (Å²) in [5.41, 5.74) is 3.33. The molecule has 0 saturated carbocycles. The Morgan fingerprint density at radius 2 is 1.56 bits per heavy atom. The van der Waals surface area contributed by atoms with Gasteiger partial charge in [0.15, 0.2) is 0 Å². The number of aliphatic hydroxyl groups is 1. The van der Waals surface area contributed by atoms with E-state index in [1.807, 2.05) is 31.2 Å². The standard InChI is InChI=1S/C32H36N2O5/c1-4-33(5-2)19-6-20-34-29(24-11-15-26(35)16-12-24)28(31(37)32(34)38)30(36)25-13-17-27(18-14-25)39-21-23-9-7-22(3)8-10-23/h7-18,29,35-36H,4-6,19-21H2,1-3H3/t29-/m0/s1. The summed E-state index contributed by atoms with van der Waals surface area (Å²) in [6.07, 6.45) is 0.691. The van der Waals surface area contributed by atoms with Crippen molar-refractivity contribution in [3.63, 3.8) is 0 Å². The van der Waals surface area contributed by atoms with E-state index in [0.717, 1.165) is 25.2 Å². The molecule has 1 fully saturated rings. The molecule has 0 bridgehead atoms. The predicted molar refractivity (Wildman–Crippen MR) is 151 cm³/mol. The van der Waals surface area contributed by atoms with Crippen molar-refractivity contribution < 1.29 is 24.5 Å². The van der Waals surface area contributed by atoms with Crippen molar-refractivity contribution >= 4 is 17.4 Å². The van der Waals surface area contributed by atoms with E-state index >= 15 is 0 Å². The molecule has 0 aliphatic carbocycles. The number of phenols is 1. The molecule has 7 heteroatoms. The first kappa shape index (κ1) is 27.9. The minimum Gasteiger partial charge on any atom is -0.508 e. The van der Waals surface area contributed by atoms with Crippen LogP contribution in [0, 0.1) is 6.92 Å². The van der Waals surface area contributed by atoms with Crippen LogP contribution in [-0.4, -0.2) is 57.9 Å². The first-order valence-corrected chi connectivity index (χ1v) is 13.4. The van der Waals surface area contributed by atoms with Crippen LogP contribution in [0.5, 0.6) is 11.5 Å². The molecule has 0 unspecified atom stereocenters. The highest BCUT2D eigenvalue weighted by molar-refractivity contribution is 6.46. The normalized spacial score (nSPS) is 16.7. The fourth-order valence-electron chi connectivity index (χ4n) is 4.83. The number of Topliss-reactive ketones (excluding diaryl/α,β-unsaturated/α-hetero) is 1. The second-order valence-corrected chi connectivity index (χ2v) is 9.76. The van der Waals surface area contributed by atoms with Crippen molar-refractivity contribution in [1.82, 2.24) is 9.80 Å². The predicted octanol–water partition coefficient (Wildman–Crippen LogP) is 5.43. The summed E-state index contributed by atoms with van der Waals surface area (Å²) in [6.45, 7) is 9.59. The lowest BCUT2D eigenvalue weighted by atomic mass is 9.95. The van der Waals surface area contributed by atoms with Gasteiger partial charge in [-0.05, 0) is 80.5 Å². The third-order valence-corrected chi connectivity index (χ3v) is 7.17. The summed E-state index contributed by atoms with van der Waals surface area (Å²) in [7, 11) is 0. The lowest BCUT2D eigenvalue weighted by molar-refractivity contribution is -0.140. The second-order valence-electron chi connectivity index (χ2n) is 9.76. The maximum Gasteiger partial charge on any atom is 0.295 e. The van der Waals surface area contributed by atoms with Crippen molar-refractivity contribution in [3.05, 3.63) is 101 Å². The Kier molecular flexibility index (Phi) is 9.04. The average Bonchev–Trinajstić information content (AvgIpc) is 3.20. The highest BCUT2D eigenvalue weighted by Gasteiger charge is 2.45. The number of carbonyl (C=O) groups excluding carboxylic acids is 2. The SMILES string of the molecule is CCN(CC)CCCN1C(=O)C(=O)C(=C(O)c2ccc(OCc3ccc(C)cc3)cc2)[C@@H]1c1ccc(O)cc1. The highest BCUT2D eigenvalue weighted by atomic mass is 16.5. The van der Waals surface area contributed by atoms with E-state index in [4.69, 9.17) is 4.74 Å². The number of hydrogen-bond acceptors (Lipinski definition) is 6. The van der Waals surface area contributed by atoms with Gasteiger partial charge in [0.05, 0.1) is 11.6 Å². The van der Waals surface area contributed by atoms with Crippen molar-refractivity contribution in [2.45, 2.75) is 39.8 Å². The van der Waals surface area contributed by atoms with E-state index in [1.165, 1.54) is 22.6 Å². The molecule has 1 aliphatic rings. The lowest BCUT2D eigenvalue weighted by Crippen LogP contribution is -2.33. The lowest BCUT2D eigenvalue weighted by Gasteiger charge is -2.26. The summed E-state index contributed by atoms with van der Waals surface area (Å²) in [5, 5.41) is 21.1. The Bertz CT molecular complexity index is 1310. The fourth-order valence-corrected chi connectivity index (χ4v) is 4.83. The van der Waals surface area contributed by atoms with Gasteiger partial charge in [0.25, 0.3) is 11.7 Å². The van der Waals surface area contributed by atoms with Crippen LogP contribution in [0.1, 0.15) is 48.6 Å². The number of aryl methyl sites for hydroxylation is 1. The van der Waals surface area contributed by atoms with Crippen LogP contribution >= 0.6 is 0 Å². The largest absolute Gasteiger partial charge is 0.508 e. The number of ketones is 1. The van der Waals surface area contributed by atoms with E-state index in [2.05, 4.69) is 18.7 Å². The van der Waals surface area contributed by atoms with Crippen molar-refractivity contribution in [2.75, 3.05) is 26.2 Å². The molecular formula is C32H36N2O5. The van der Waals surface area contributed by atoms with E-state index in [1.54, 1.807) is 36.4 Å². The van der Waals surface area contributed by atoms with E-state index in [9.17, 15) is 19.8 Å². The Morgan fingerprint density at radius 3 is 2.18 bits per heavy atom. The molecule has 4 rings (SSSR count). The third-order valence-electron chi connectivity index (χ3n) is 7.17. The van der Waals surface area contributed by atoms with Gasteiger partial charge in [0, 0.05) is 12.1 Å². The Morgan fingerprint density at radius 1 is 0.923 bits per heavy atom. The maximum atomic E-state index is 13.2. The number of nitrogens with zero attached hydrogens (tertiary/aromatic N) is 2. The molecule has 39 heavy (non-hydrogen) atoms. The Balaban J connectivity index is 1.60. The fraction of sp³-hybridized carbons (Fsp3) is 0.312. The van der Waals surface area contributed by atoms with Gasteiger partial charge in [-0.1, -0.05) is 55.8 Å². The zero-order chi connectivity index (χ0) is 27.9. The summed E-state index contributed by atoms with van der Waals surface area (Å²) >= 11 is 0. The van der Waals surface area contributed by atoms with Crippen LogP contribution in [0.4, 0.5) is 0 Å². The first-order valence-electron chi connectivity index (χ1n) is 13.4. The van der Waals surface area contributed by atoms with Crippen LogP contribution in [-0.2, 0) is 16.2 Å². The molecule has 0 radical (unpaired) electrons. The molecule has 0 aromatic heterocycles. The minimum atomic E-state index is -0.750. The van der Waals surface area contributed by atoms with Crippen LogP contribution in [0.15, 0.2) is 78.4 Å². The van der Waals surface area contributed by atoms with Gasteiger partial charge in [-0.15, -0.1) is 0 Å². The molecule has 0 spiro atoms. The quantitative estimate of drug-likeness (QED) is 0.196. The van der Waals surface area contributed by atoms with Crippen LogP contribution in [0.25, 0.3) is 5.76 Å². The molecule has 2 N–H and O–H groups in total. The number of benzene rings is 3. The number of amides is 1. The van der Waals surface area contributed by atoms with Gasteiger partial charge in [0.2, 0.25) is 0 Å². The number of phenolic OH excluding ortho intramolecular Hbond substituents is 1. The Hall–Kier alpha value is -4.10. The van der Waals surface area contributed by atoms with Crippen molar-refractivity contribution in [3.8, 4) is 11.5 Å². The number of rotatable bonds is 11. The molecule has 1 saturated heterocycles. The zero-order valence-corrected chi connectivity index (χ0v) is 22.8. The number of aliphatic hydroxyl groups excluding tert-OH is 1. The summed E-state index contributed by atoms with van der Waals surface area (Å²) in [6, 6.07) is 20.6. The molecular weight excluding hydrogens is 492 g/mol. The number of ether oxygens (including phenoxy) is 1. The molecule has 1 aliphatic heterocycles. The molecule has 204 valence electrons. The molecule has 3 aromatic carbocycles. The smallest absolute Gasteiger partial charge is 0.295 e. The highest BCUT2D eigenvalue weighted by Crippen LogP contribution is 2.40. The summed E-state index contributed by atoms with van der Waals surface area (Å²) in [5.74, 6) is -0.874. The molecule has 1 amide bonds. The summed E-state index contributed by atoms with van der Waals surface area (Å²) in [4.78, 5) is 30.2. The topological polar surface area (TPSA) is 90.3 Å². The number of aromatic hydroxyl groups is 1. The van der Waals surface area contributed by atoms with E-state index < -0.39 is 17.7 Å². The first-order chi connectivity index (χ1) is 18.8. The number of likely N-dealkylation sites (tertiary alicyclic amines) is 1. The number of carbonyl (C=O) groups is 2. The van der Waals surface area contributed by atoms with Gasteiger partial charge in [0.1, 0.15) is 23.9 Å². The molecule has 7 nitrogen and oxygen atoms in total. The Labute approximate surface area is 230 Å². The second kappa shape index (κ2) is 12.6. The van der Waals surface area contributed by atoms with Gasteiger partial charge < -0.3 is 24.7 Å². The molecule has 1 atom stereocenters. The van der Waals surface area contributed by atoms with Gasteiger partial charge in [-0.25, -0.2) is 0 Å². The van der Waals surface area contributed by atoms with Crippen molar-refractivity contribution in [2.24, 2.45) is 0 Å². The van der Waals surface area contributed by atoms with E-state index in [0.29, 0.717) is 36.4 Å². The average molecular weight is 529 g/mol. The summed E-state index contributed by atoms with van der Waals surface area (Å²) < 4.78 is 5.88. The maximum absolute atomic E-state index is 13.2. The van der Waals surface area contributed by atoms with Crippen LogP contribution in [0.2, 0.25) is 0 Å². The number of hydrogen-bond donors (Lipinski definition) is 2. The van der Waals surface area contributed by atoms with Gasteiger partial charge in [-0.3, -0.25) is 9.59 Å². The molecule has 3 aromatic rings. The van der Waals surface area contributed by atoms with Gasteiger partial charge >= 0.3 is 0 Å². The van der Waals surface area contributed by atoms with Crippen molar-refractivity contribution in [1.29, 1.82) is 0 Å².